The van der Waals surface area contributed by atoms with Crippen molar-refractivity contribution in [1.29, 1.82) is 0 Å². The van der Waals surface area contributed by atoms with Crippen LogP contribution >= 0.6 is 0 Å². The summed E-state index contributed by atoms with van der Waals surface area (Å²) in [5, 5.41) is 25.9. The number of amides is 3. The Morgan fingerprint density at radius 1 is 0.933 bits per heavy atom. The van der Waals surface area contributed by atoms with E-state index >= 15 is 0 Å². The van der Waals surface area contributed by atoms with E-state index in [-0.39, 0.29) is 30.1 Å². The van der Waals surface area contributed by atoms with Gasteiger partial charge in [-0.1, -0.05) is 30.4 Å². The predicted molar refractivity (Wildman–Crippen MR) is 169 cm³/mol. The number of hydrogen-bond acceptors (Lipinski definition) is 6. The first-order chi connectivity index (χ1) is 21.8. The highest BCUT2D eigenvalue weighted by molar-refractivity contribution is 5.96. The lowest BCUT2D eigenvalue weighted by Gasteiger charge is -2.26. The van der Waals surface area contributed by atoms with Gasteiger partial charge in [-0.3, -0.25) is 19.7 Å². The molecule has 0 bridgehead atoms. The third-order valence-electron chi connectivity index (χ3n) is 8.09. The van der Waals surface area contributed by atoms with Gasteiger partial charge >= 0.3 is 6.09 Å². The van der Waals surface area contributed by atoms with Gasteiger partial charge in [0.25, 0.3) is 17.5 Å². The van der Waals surface area contributed by atoms with E-state index in [1.165, 1.54) is 31.4 Å². The van der Waals surface area contributed by atoms with E-state index in [1.807, 2.05) is 0 Å². The molecule has 1 atom stereocenters. The Bertz CT molecular complexity index is 1640. The lowest BCUT2D eigenvalue weighted by Crippen LogP contribution is -2.37. The molecule has 3 aromatic carbocycles. The van der Waals surface area contributed by atoms with Crippen molar-refractivity contribution in [1.82, 2.24) is 20.4 Å². The Hall–Kier alpha value is -5.21. The molecule has 2 fully saturated rings. The maximum absolute atomic E-state index is 13.2. The molecule has 3 N–H and O–H groups in total. The van der Waals surface area contributed by atoms with Gasteiger partial charge in [-0.15, -0.1) is 0 Å². The topological polar surface area (TPSA) is 145 Å². The van der Waals surface area contributed by atoms with Crippen molar-refractivity contribution in [2.24, 2.45) is 0 Å². The average molecular weight is 610 g/mol. The van der Waals surface area contributed by atoms with Gasteiger partial charge in [-0.2, -0.15) is 0 Å². The minimum absolute atomic E-state index is 0.110. The molecule has 0 aromatic heterocycles. The van der Waals surface area contributed by atoms with Gasteiger partial charge in [-0.25, -0.2) is 4.79 Å². The van der Waals surface area contributed by atoms with Crippen molar-refractivity contribution in [2.75, 3.05) is 39.3 Å². The number of piperidine rings is 1. The molecule has 3 aromatic rings. The summed E-state index contributed by atoms with van der Waals surface area (Å²) in [7, 11) is 0. The molecule has 232 valence electrons. The Labute approximate surface area is 261 Å². The average Bonchev–Trinajstić information content (AvgIpc) is 3.51. The molecule has 3 amide bonds. The first kappa shape index (κ1) is 31.2. The molecular formula is C34H35N5O6. The van der Waals surface area contributed by atoms with Crippen LogP contribution in [0.15, 0.2) is 66.7 Å². The van der Waals surface area contributed by atoms with Crippen molar-refractivity contribution in [2.45, 2.75) is 31.7 Å². The monoisotopic (exact) mass is 609 g/mol. The minimum atomic E-state index is -1.12. The summed E-state index contributed by atoms with van der Waals surface area (Å²) in [5.74, 6) is 5.73. The Morgan fingerprint density at radius 3 is 2.44 bits per heavy atom. The lowest BCUT2D eigenvalue weighted by atomic mass is 9.97. The van der Waals surface area contributed by atoms with Crippen molar-refractivity contribution < 1.29 is 24.4 Å². The number of nitro benzene ring substituents is 1. The molecule has 0 saturated carbocycles. The number of carbonyl (C=O) groups excluding carboxylic acids is 2. The Kier molecular flexibility index (Phi) is 10.1. The highest BCUT2D eigenvalue weighted by Crippen LogP contribution is 2.28. The van der Waals surface area contributed by atoms with E-state index in [2.05, 4.69) is 27.4 Å². The summed E-state index contributed by atoms with van der Waals surface area (Å²) >= 11 is 0. The molecule has 11 nitrogen and oxygen atoms in total. The fourth-order valence-corrected chi connectivity index (χ4v) is 5.70. The molecule has 2 heterocycles. The first-order valence-electron chi connectivity index (χ1n) is 15.1. The summed E-state index contributed by atoms with van der Waals surface area (Å²) in [6.45, 7) is 4.28. The molecular weight excluding hydrogens is 574 g/mol. The third-order valence-corrected chi connectivity index (χ3v) is 8.09. The SMILES string of the molecule is O=C(O)NC1CCN(C(=O)c2cccc(-c3ccc([N+](=O)[O-])cc3C#Cc3ccc(C(=O)NCCN4CCCCC4)cc3)c2)C1. The van der Waals surface area contributed by atoms with Crippen molar-refractivity contribution in [3.63, 3.8) is 0 Å². The molecule has 2 aliphatic rings. The van der Waals surface area contributed by atoms with Gasteiger partial charge in [0.1, 0.15) is 0 Å². The smallest absolute Gasteiger partial charge is 0.404 e. The quantitative estimate of drug-likeness (QED) is 0.196. The summed E-state index contributed by atoms with van der Waals surface area (Å²) < 4.78 is 0. The van der Waals surface area contributed by atoms with E-state index in [4.69, 9.17) is 5.11 Å². The minimum Gasteiger partial charge on any atom is -0.465 e. The van der Waals surface area contributed by atoms with E-state index in [0.717, 1.165) is 19.6 Å². The highest BCUT2D eigenvalue weighted by atomic mass is 16.6. The van der Waals surface area contributed by atoms with Crippen LogP contribution in [0.3, 0.4) is 0 Å². The lowest BCUT2D eigenvalue weighted by molar-refractivity contribution is -0.384. The molecule has 45 heavy (non-hydrogen) atoms. The third kappa shape index (κ3) is 8.25. The van der Waals surface area contributed by atoms with Crippen LogP contribution < -0.4 is 10.6 Å². The van der Waals surface area contributed by atoms with Crippen LogP contribution in [0.5, 0.6) is 0 Å². The number of nitro groups is 1. The zero-order valence-electron chi connectivity index (χ0n) is 24.8. The number of nitrogens with zero attached hydrogens (tertiary/aromatic N) is 3. The molecule has 0 aliphatic carbocycles. The Balaban J connectivity index is 1.30. The number of nitrogens with one attached hydrogen (secondary N) is 2. The largest absolute Gasteiger partial charge is 0.465 e. The van der Waals surface area contributed by atoms with Crippen LogP contribution in [0.25, 0.3) is 11.1 Å². The zero-order valence-corrected chi connectivity index (χ0v) is 24.8. The Morgan fingerprint density at radius 2 is 1.71 bits per heavy atom. The van der Waals surface area contributed by atoms with Gasteiger partial charge in [0.2, 0.25) is 0 Å². The maximum atomic E-state index is 13.2. The van der Waals surface area contributed by atoms with Gasteiger partial charge < -0.3 is 25.5 Å². The highest BCUT2D eigenvalue weighted by Gasteiger charge is 2.28. The number of carboxylic acid groups (broad SMARTS) is 1. The van der Waals surface area contributed by atoms with E-state index in [9.17, 15) is 24.5 Å². The molecule has 0 spiro atoms. The number of hydrogen-bond donors (Lipinski definition) is 3. The van der Waals surface area contributed by atoms with Crippen LogP contribution in [0.4, 0.5) is 10.5 Å². The number of likely N-dealkylation sites (tertiary alicyclic amines) is 2. The fourth-order valence-electron chi connectivity index (χ4n) is 5.70. The van der Waals surface area contributed by atoms with Crippen LogP contribution in [0.2, 0.25) is 0 Å². The standard InChI is InChI=1S/C34H35N5O6/c40-32(35-16-20-37-17-2-1-3-18-37)25-10-7-24(8-11-25)9-12-27-22-30(39(44)45)13-14-31(27)26-5-4-6-28(21-26)33(41)38-19-15-29(23-38)36-34(42)43/h4-8,10-11,13-14,21-22,29,36H,1-3,15-20,23H2,(H,35,40)(H,42,43). The summed E-state index contributed by atoms with van der Waals surface area (Å²) in [6.07, 6.45) is 3.09. The van der Waals surface area contributed by atoms with Crippen molar-refractivity contribution in [3.8, 4) is 23.0 Å². The van der Waals surface area contributed by atoms with E-state index in [0.29, 0.717) is 52.9 Å². The molecule has 11 heteroatoms. The normalized spacial score (nSPS) is 16.4. The van der Waals surface area contributed by atoms with Gasteiger partial charge in [0.15, 0.2) is 0 Å². The maximum Gasteiger partial charge on any atom is 0.404 e. The molecule has 2 saturated heterocycles. The van der Waals surface area contributed by atoms with Crippen LogP contribution in [-0.2, 0) is 0 Å². The second-order valence-electron chi connectivity index (χ2n) is 11.2. The fraction of sp³-hybridized carbons (Fsp3) is 0.324. The van der Waals surface area contributed by atoms with Crippen LogP contribution in [-0.4, -0.2) is 83.0 Å². The number of carbonyl (C=O) groups is 3. The number of non-ortho nitro benzene ring substituents is 1. The second kappa shape index (κ2) is 14.5. The number of benzene rings is 3. The first-order valence-corrected chi connectivity index (χ1v) is 15.1. The molecule has 5 rings (SSSR count). The zero-order chi connectivity index (χ0) is 31.8. The van der Waals surface area contributed by atoms with Crippen LogP contribution in [0, 0.1) is 22.0 Å². The summed E-state index contributed by atoms with van der Waals surface area (Å²) in [6, 6.07) is 17.9. The van der Waals surface area contributed by atoms with Gasteiger partial charge in [0, 0.05) is 60.6 Å². The van der Waals surface area contributed by atoms with Gasteiger partial charge in [-0.05, 0) is 85.9 Å². The molecule has 1 unspecified atom stereocenters. The van der Waals surface area contributed by atoms with Gasteiger partial charge in [0.05, 0.1) is 11.0 Å². The molecule has 0 radical (unpaired) electrons. The summed E-state index contributed by atoms with van der Waals surface area (Å²) in [5.41, 5.74) is 3.18. The van der Waals surface area contributed by atoms with Crippen LogP contribution in [0.1, 0.15) is 57.5 Å². The second-order valence-corrected chi connectivity index (χ2v) is 11.2. The number of rotatable bonds is 8. The van der Waals surface area contributed by atoms with E-state index < -0.39 is 11.0 Å². The summed E-state index contributed by atoms with van der Waals surface area (Å²) in [4.78, 5) is 51.8. The van der Waals surface area contributed by atoms with Crippen molar-refractivity contribution in [3.05, 3.63) is 99.1 Å². The van der Waals surface area contributed by atoms with E-state index in [1.54, 1.807) is 59.5 Å². The van der Waals surface area contributed by atoms with Crippen molar-refractivity contribution >= 4 is 23.6 Å². The predicted octanol–water partition coefficient (Wildman–Crippen LogP) is 4.36. The molecule has 2 aliphatic heterocycles.